The number of aryl methyl sites for hydroxylation is 2. The van der Waals surface area contributed by atoms with Crippen LogP contribution in [0.3, 0.4) is 0 Å². The second kappa shape index (κ2) is 8.54. The highest BCUT2D eigenvalue weighted by molar-refractivity contribution is 9.10. The highest BCUT2D eigenvalue weighted by Crippen LogP contribution is 2.36. The molecular formula is C24H28BrN3O3. The average molecular weight is 486 g/mol. The second-order valence-corrected chi connectivity index (χ2v) is 9.21. The Kier molecular flexibility index (Phi) is 5.97. The maximum absolute atomic E-state index is 12.8. The molecule has 0 N–H and O–H groups in total. The number of methoxy groups -OCH3 is 1. The van der Waals surface area contributed by atoms with Gasteiger partial charge in [-0.25, -0.2) is 0 Å². The minimum absolute atomic E-state index is 0.00810. The van der Waals surface area contributed by atoms with Crippen LogP contribution in [0.1, 0.15) is 37.6 Å². The summed E-state index contributed by atoms with van der Waals surface area (Å²) in [5.74, 6) is 1.91. The quantitative estimate of drug-likeness (QED) is 0.491. The maximum Gasteiger partial charge on any atom is 0.223 e. The zero-order valence-corrected chi connectivity index (χ0v) is 20.1. The van der Waals surface area contributed by atoms with Crippen LogP contribution in [-0.2, 0) is 11.8 Å². The third-order valence-corrected chi connectivity index (χ3v) is 6.84. The number of amides is 1. The Morgan fingerprint density at radius 2 is 1.90 bits per heavy atom. The zero-order valence-electron chi connectivity index (χ0n) is 18.6. The molecule has 2 heterocycles. The van der Waals surface area contributed by atoms with Crippen LogP contribution in [0.4, 0.5) is 0 Å². The summed E-state index contributed by atoms with van der Waals surface area (Å²) in [6, 6.07) is 11.9. The van der Waals surface area contributed by atoms with Gasteiger partial charge in [-0.3, -0.25) is 9.48 Å². The van der Waals surface area contributed by atoms with Gasteiger partial charge in [0.2, 0.25) is 5.91 Å². The van der Waals surface area contributed by atoms with Crippen LogP contribution >= 0.6 is 15.9 Å². The largest absolute Gasteiger partial charge is 0.497 e. The Bertz CT molecular complexity index is 1110. The molecule has 1 aliphatic heterocycles. The molecule has 1 fully saturated rings. The third-order valence-electron chi connectivity index (χ3n) is 6.38. The van der Waals surface area contributed by atoms with Gasteiger partial charge in [-0.15, -0.1) is 0 Å². The van der Waals surface area contributed by atoms with Crippen molar-refractivity contribution in [3.8, 4) is 11.5 Å². The third kappa shape index (κ3) is 4.15. The topological polar surface area (TPSA) is 56.6 Å². The highest BCUT2D eigenvalue weighted by atomic mass is 79.9. The predicted octanol–water partition coefficient (Wildman–Crippen LogP) is 5.03. The first kappa shape index (κ1) is 21.7. The molecular weight excluding hydrogens is 458 g/mol. The van der Waals surface area contributed by atoms with Crippen molar-refractivity contribution in [3.05, 3.63) is 52.1 Å². The fourth-order valence-corrected chi connectivity index (χ4v) is 4.73. The summed E-state index contributed by atoms with van der Waals surface area (Å²) < 4.78 is 14.5. The molecule has 0 saturated carbocycles. The van der Waals surface area contributed by atoms with Gasteiger partial charge in [-0.2, -0.15) is 5.10 Å². The summed E-state index contributed by atoms with van der Waals surface area (Å²) in [6.45, 7) is 6.84. The molecule has 31 heavy (non-hydrogen) atoms. The van der Waals surface area contributed by atoms with Gasteiger partial charge in [0.1, 0.15) is 17.6 Å². The molecule has 1 aliphatic rings. The summed E-state index contributed by atoms with van der Waals surface area (Å²) in [5.41, 5.74) is 3.05. The zero-order chi connectivity index (χ0) is 22.3. The van der Waals surface area contributed by atoms with E-state index in [1.165, 1.54) is 0 Å². The standard InChI is InChI=1S/C24H28BrN3O3/c1-14(17-6-8-20(30-5)9-7-17)28-13-18(10-23(28)29)16(3)31-22-12-19(25)11-21-24(22)15(2)27(4)26-21/h6-9,11-12,14,16,18H,10,13H2,1-5H3/t14-,16+,18+/m0/s1. The molecule has 0 radical (unpaired) electrons. The summed E-state index contributed by atoms with van der Waals surface area (Å²) in [6.07, 6.45) is 0.388. The molecule has 1 aromatic heterocycles. The maximum atomic E-state index is 12.8. The number of hydrogen-bond donors (Lipinski definition) is 0. The van der Waals surface area contributed by atoms with E-state index in [1.54, 1.807) is 7.11 Å². The fourth-order valence-electron chi connectivity index (χ4n) is 4.31. The molecule has 7 heteroatoms. The fraction of sp³-hybridized carbons (Fsp3) is 0.417. The number of likely N-dealkylation sites (tertiary alicyclic amines) is 1. The van der Waals surface area contributed by atoms with E-state index in [9.17, 15) is 4.79 Å². The van der Waals surface area contributed by atoms with Gasteiger partial charge in [0.25, 0.3) is 0 Å². The SMILES string of the molecule is COc1ccc([C@H](C)N2C[C@H]([C@@H](C)Oc3cc(Br)cc4nn(C)c(C)c34)CC2=O)cc1. The van der Waals surface area contributed by atoms with Gasteiger partial charge in [0.15, 0.2) is 0 Å². The van der Waals surface area contributed by atoms with E-state index in [2.05, 4.69) is 34.9 Å². The first-order chi connectivity index (χ1) is 14.8. The van der Waals surface area contributed by atoms with Crippen molar-refractivity contribution >= 4 is 32.7 Å². The average Bonchev–Trinajstić information content (AvgIpc) is 3.27. The number of fused-ring (bicyclic) bond motifs is 1. The number of carbonyl (C=O) groups excluding carboxylic acids is 1. The van der Waals surface area contributed by atoms with E-state index >= 15 is 0 Å². The van der Waals surface area contributed by atoms with Gasteiger partial charge in [0, 0.05) is 36.1 Å². The normalized spacial score (nSPS) is 18.5. The summed E-state index contributed by atoms with van der Waals surface area (Å²) >= 11 is 3.56. The number of aromatic nitrogens is 2. The van der Waals surface area contributed by atoms with Crippen molar-refractivity contribution in [2.24, 2.45) is 13.0 Å². The van der Waals surface area contributed by atoms with Crippen molar-refractivity contribution in [2.45, 2.75) is 39.3 Å². The van der Waals surface area contributed by atoms with Gasteiger partial charge in [-0.05, 0) is 50.6 Å². The molecule has 4 rings (SSSR count). The lowest BCUT2D eigenvalue weighted by atomic mass is 10.0. The van der Waals surface area contributed by atoms with Crippen LogP contribution < -0.4 is 9.47 Å². The molecule has 6 nitrogen and oxygen atoms in total. The number of nitrogens with zero attached hydrogens (tertiary/aromatic N) is 3. The van der Waals surface area contributed by atoms with Crippen molar-refractivity contribution < 1.29 is 14.3 Å². The summed E-state index contributed by atoms with van der Waals surface area (Å²) in [4.78, 5) is 14.8. The molecule has 0 aliphatic carbocycles. The van der Waals surface area contributed by atoms with E-state index in [4.69, 9.17) is 9.47 Å². The van der Waals surface area contributed by atoms with Crippen molar-refractivity contribution in [1.82, 2.24) is 14.7 Å². The Morgan fingerprint density at radius 1 is 1.19 bits per heavy atom. The number of halogens is 1. The first-order valence-corrected chi connectivity index (χ1v) is 11.3. The summed E-state index contributed by atoms with van der Waals surface area (Å²) in [5, 5.41) is 5.59. The Hall–Kier alpha value is -2.54. The van der Waals surface area contributed by atoms with Crippen LogP contribution in [0.15, 0.2) is 40.9 Å². The monoisotopic (exact) mass is 485 g/mol. The van der Waals surface area contributed by atoms with E-state index in [-0.39, 0.29) is 24.0 Å². The minimum atomic E-state index is -0.103. The van der Waals surface area contributed by atoms with E-state index < -0.39 is 0 Å². The lowest BCUT2D eigenvalue weighted by molar-refractivity contribution is -0.129. The molecule has 3 atom stereocenters. The number of benzene rings is 2. The van der Waals surface area contributed by atoms with E-state index in [1.807, 2.05) is 60.0 Å². The molecule has 164 valence electrons. The number of ether oxygens (including phenoxy) is 2. The number of rotatable bonds is 6. The molecule has 0 spiro atoms. The van der Waals surface area contributed by atoms with Gasteiger partial charge >= 0.3 is 0 Å². The molecule has 3 aromatic rings. The van der Waals surface area contributed by atoms with Gasteiger partial charge < -0.3 is 14.4 Å². The van der Waals surface area contributed by atoms with Crippen molar-refractivity contribution in [2.75, 3.05) is 13.7 Å². The van der Waals surface area contributed by atoms with Crippen LogP contribution in [0.2, 0.25) is 0 Å². The van der Waals surface area contributed by atoms with Crippen LogP contribution in [0, 0.1) is 12.8 Å². The Balaban J connectivity index is 1.51. The van der Waals surface area contributed by atoms with E-state index in [0.717, 1.165) is 38.1 Å². The van der Waals surface area contributed by atoms with Crippen molar-refractivity contribution in [1.29, 1.82) is 0 Å². The van der Waals surface area contributed by atoms with Gasteiger partial charge in [0.05, 0.1) is 24.1 Å². The molecule has 0 unspecified atom stereocenters. The second-order valence-electron chi connectivity index (χ2n) is 8.29. The number of carbonyl (C=O) groups is 1. The molecule has 1 amide bonds. The van der Waals surface area contributed by atoms with Crippen LogP contribution in [0.5, 0.6) is 11.5 Å². The highest BCUT2D eigenvalue weighted by Gasteiger charge is 2.37. The smallest absolute Gasteiger partial charge is 0.223 e. The van der Waals surface area contributed by atoms with Crippen molar-refractivity contribution in [3.63, 3.8) is 0 Å². The number of hydrogen-bond acceptors (Lipinski definition) is 4. The first-order valence-electron chi connectivity index (χ1n) is 10.5. The van der Waals surface area contributed by atoms with Crippen LogP contribution in [0.25, 0.3) is 10.9 Å². The molecule has 1 saturated heterocycles. The predicted molar refractivity (Wildman–Crippen MR) is 124 cm³/mol. The Morgan fingerprint density at radius 3 is 2.58 bits per heavy atom. The summed E-state index contributed by atoms with van der Waals surface area (Å²) in [7, 11) is 3.59. The molecule has 0 bridgehead atoms. The molecule has 2 aromatic carbocycles. The lowest BCUT2D eigenvalue weighted by Crippen LogP contribution is -2.31. The van der Waals surface area contributed by atoms with E-state index in [0.29, 0.717) is 13.0 Å². The van der Waals surface area contributed by atoms with Crippen LogP contribution in [-0.4, -0.2) is 40.3 Å². The van der Waals surface area contributed by atoms with Gasteiger partial charge in [-0.1, -0.05) is 28.1 Å². The Labute approximate surface area is 191 Å². The lowest BCUT2D eigenvalue weighted by Gasteiger charge is -2.27. The minimum Gasteiger partial charge on any atom is -0.497 e.